The highest BCUT2D eigenvalue weighted by Gasteiger charge is 2.13. The van der Waals surface area contributed by atoms with Gasteiger partial charge in [0.05, 0.1) is 18.4 Å². The number of hydrogen-bond acceptors (Lipinski definition) is 4. The molecule has 0 spiro atoms. The van der Waals surface area contributed by atoms with Crippen molar-refractivity contribution in [1.29, 1.82) is 0 Å². The van der Waals surface area contributed by atoms with E-state index in [1.165, 1.54) is 11.8 Å². The molecule has 0 bridgehead atoms. The summed E-state index contributed by atoms with van der Waals surface area (Å²) in [5, 5.41) is 2.81. The monoisotopic (exact) mass is 346 g/mol. The number of urea groups is 1. The van der Waals surface area contributed by atoms with E-state index in [4.69, 9.17) is 0 Å². The van der Waals surface area contributed by atoms with Crippen LogP contribution in [0.25, 0.3) is 0 Å². The number of pyridine rings is 1. The van der Waals surface area contributed by atoms with E-state index >= 15 is 0 Å². The first-order valence-corrected chi connectivity index (χ1v) is 8.54. The Labute approximate surface area is 146 Å². The van der Waals surface area contributed by atoms with Crippen LogP contribution in [0.1, 0.15) is 23.6 Å². The van der Waals surface area contributed by atoms with Gasteiger partial charge in [-0.05, 0) is 38.1 Å². The van der Waals surface area contributed by atoms with Crippen LogP contribution in [0.3, 0.4) is 0 Å². The van der Waals surface area contributed by atoms with Crippen LogP contribution in [0, 0.1) is 6.92 Å². The summed E-state index contributed by atoms with van der Waals surface area (Å²) in [5.74, 6) is 0.512. The van der Waals surface area contributed by atoms with Crippen molar-refractivity contribution < 1.29 is 9.59 Å². The van der Waals surface area contributed by atoms with Gasteiger partial charge in [0, 0.05) is 30.3 Å². The molecule has 0 aromatic carbocycles. The largest absolute Gasteiger partial charge is 0.322 e. The minimum atomic E-state index is -0.200. The number of nitrogens with zero attached hydrogens (tertiary/aromatic N) is 3. The van der Waals surface area contributed by atoms with Crippen molar-refractivity contribution in [3.63, 3.8) is 0 Å². The molecule has 0 aliphatic heterocycles. The highest BCUT2D eigenvalue weighted by atomic mass is 32.1. The van der Waals surface area contributed by atoms with Crippen LogP contribution < -0.4 is 10.2 Å². The van der Waals surface area contributed by atoms with Gasteiger partial charge < -0.3 is 10.2 Å². The summed E-state index contributed by atoms with van der Waals surface area (Å²) < 4.78 is 0. The van der Waals surface area contributed by atoms with Crippen molar-refractivity contribution in [3.8, 4) is 0 Å². The van der Waals surface area contributed by atoms with Crippen LogP contribution in [-0.4, -0.2) is 35.4 Å². The average Bonchev–Trinajstić information content (AvgIpc) is 2.94. The fourth-order valence-corrected chi connectivity index (χ4v) is 3.20. The van der Waals surface area contributed by atoms with Crippen LogP contribution in [0.15, 0.2) is 30.5 Å². The number of aromatic nitrogens is 1. The molecule has 6 nitrogen and oxygen atoms in total. The van der Waals surface area contributed by atoms with Gasteiger partial charge in [-0.15, -0.1) is 11.3 Å². The predicted octanol–water partition coefficient (Wildman–Crippen LogP) is 3.49. The quantitative estimate of drug-likeness (QED) is 0.901. The van der Waals surface area contributed by atoms with Crippen LogP contribution >= 0.6 is 11.3 Å². The lowest BCUT2D eigenvalue weighted by molar-refractivity contribution is -0.116. The molecule has 1 N–H and O–H groups in total. The van der Waals surface area contributed by atoms with E-state index in [9.17, 15) is 9.59 Å². The lowest BCUT2D eigenvalue weighted by Gasteiger charge is -2.19. The second-order valence-corrected chi connectivity index (χ2v) is 6.84. The smallest absolute Gasteiger partial charge is 0.321 e. The van der Waals surface area contributed by atoms with Crippen LogP contribution in [0.4, 0.5) is 16.3 Å². The average molecular weight is 346 g/mol. The summed E-state index contributed by atoms with van der Waals surface area (Å²) in [5.41, 5.74) is 0.595. The molecule has 0 fully saturated rings. The Morgan fingerprint density at radius 1 is 1.25 bits per heavy atom. The summed E-state index contributed by atoms with van der Waals surface area (Å²) in [6, 6.07) is 7.34. The molecule has 0 aliphatic rings. The SMILES string of the molecule is CCN(C(C)=O)c1ccc(NC(=O)N(C)Cc2ccc(C)s2)cn1. The molecule has 0 radical (unpaired) electrons. The molecule has 24 heavy (non-hydrogen) atoms. The third kappa shape index (κ3) is 4.55. The molecular weight excluding hydrogens is 324 g/mol. The van der Waals surface area contributed by atoms with Gasteiger partial charge in [0.2, 0.25) is 5.91 Å². The zero-order valence-corrected chi connectivity index (χ0v) is 15.2. The Morgan fingerprint density at radius 3 is 2.50 bits per heavy atom. The zero-order chi connectivity index (χ0) is 17.7. The van der Waals surface area contributed by atoms with Gasteiger partial charge in [-0.1, -0.05) is 0 Å². The summed E-state index contributed by atoms with van der Waals surface area (Å²) in [6.07, 6.45) is 1.56. The van der Waals surface area contributed by atoms with Crippen LogP contribution in [0.2, 0.25) is 0 Å². The van der Waals surface area contributed by atoms with Crippen molar-refractivity contribution in [1.82, 2.24) is 9.88 Å². The number of rotatable bonds is 5. The molecule has 2 aromatic rings. The van der Waals surface area contributed by atoms with Crippen molar-refractivity contribution in [2.75, 3.05) is 23.8 Å². The number of nitrogens with one attached hydrogen (secondary N) is 1. The Bertz CT molecular complexity index is 712. The lowest BCUT2D eigenvalue weighted by Crippen LogP contribution is -2.31. The highest BCUT2D eigenvalue weighted by Crippen LogP contribution is 2.18. The molecule has 2 heterocycles. The fraction of sp³-hybridized carbons (Fsp3) is 0.353. The van der Waals surface area contributed by atoms with Gasteiger partial charge >= 0.3 is 6.03 Å². The fourth-order valence-electron chi connectivity index (χ4n) is 2.26. The molecule has 2 rings (SSSR count). The second kappa shape index (κ2) is 7.92. The van der Waals surface area contributed by atoms with Gasteiger partial charge in [0.15, 0.2) is 0 Å². The van der Waals surface area contributed by atoms with E-state index in [0.717, 1.165) is 4.88 Å². The van der Waals surface area contributed by atoms with Crippen molar-refractivity contribution in [2.45, 2.75) is 27.3 Å². The van der Waals surface area contributed by atoms with E-state index in [-0.39, 0.29) is 11.9 Å². The standard InChI is InChI=1S/C17H22N4O2S/c1-5-21(13(3)22)16-9-7-14(10-18-16)19-17(23)20(4)11-15-8-6-12(2)24-15/h6-10H,5,11H2,1-4H3,(H,19,23). The Hall–Kier alpha value is -2.41. The Kier molecular flexibility index (Phi) is 5.92. The molecule has 0 unspecified atom stereocenters. The number of carbonyl (C=O) groups excluding carboxylic acids is 2. The number of hydrogen-bond donors (Lipinski definition) is 1. The van der Waals surface area contributed by atoms with E-state index in [2.05, 4.69) is 10.3 Å². The van der Waals surface area contributed by atoms with Crippen LogP contribution in [0.5, 0.6) is 0 Å². The van der Waals surface area contributed by atoms with Crippen molar-refractivity contribution >= 4 is 34.8 Å². The van der Waals surface area contributed by atoms with Gasteiger partial charge in [-0.3, -0.25) is 9.69 Å². The van der Waals surface area contributed by atoms with Gasteiger partial charge in [-0.25, -0.2) is 9.78 Å². The Balaban J connectivity index is 1.97. The number of anilines is 2. The zero-order valence-electron chi connectivity index (χ0n) is 14.4. The maximum absolute atomic E-state index is 12.2. The topological polar surface area (TPSA) is 65.5 Å². The maximum Gasteiger partial charge on any atom is 0.321 e. The summed E-state index contributed by atoms with van der Waals surface area (Å²) in [6.45, 7) is 6.55. The lowest BCUT2D eigenvalue weighted by atomic mass is 10.3. The molecule has 2 aromatic heterocycles. The van der Waals surface area contributed by atoms with Crippen molar-refractivity contribution in [3.05, 3.63) is 40.2 Å². The van der Waals surface area contributed by atoms with Gasteiger partial charge in [0.1, 0.15) is 5.82 Å². The first kappa shape index (κ1) is 17.9. The third-order valence-electron chi connectivity index (χ3n) is 3.51. The van der Waals surface area contributed by atoms with Crippen LogP contribution in [-0.2, 0) is 11.3 Å². The van der Waals surface area contributed by atoms with Gasteiger partial charge in [-0.2, -0.15) is 0 Å². The molecule has 0 aliphatic carbocycles. The third-order valence-corrected chi connectivity index (χ3v) is 4.49. The molecule has 0 saturated heterocycles. The number of thiophene rings is 1. The minimum Gasteiger partial charge on any atom is -0.322 e. The summed E-state index contributed by atoms with van der Waals surface area (Å²) in [7, 11) is 1.75. The van der Waals surface area contributed by atoms with Crippen molar-refractivity contribution in [2.24, 2.45) is 0 Å². The first-order chi connectivity index (χ1) is 11.4. The predicted molar refractivity (Wildman–Crippen MR) is 97.5 cm³/mol. The molecular formula is C17H22N4O2S. The maximum atomic E-state index is 12.2. The molecule has 7 heteroatoms. The molecule has 3 amide bonds. The normalized spacial score (nSPS) is 10.3. The number of aryl methyl sites for hydroxylation is 1. The van der Waals surface area contributed by atoms with Gasteiger partial charge in [0.25, 0.3) is 0 Å². The van der Waals surface area contributed by atoms with E-state index in [1.807, 2.05) is 26.0 Å². The molecule has 0 atom stereocenters. The van der Waals surface area contributed by atoms with E-state index in [1.54, 1.807) is 46.5 Å². The first-order valence-electron chi connectivity index (χ1n) is 7.72. The summed E-state index contributed by atoms with van der Waals surface area (Å²) >= 11 is 1.68. The van der Waals surface area contributed by atoms with E-state index in [0.29, 0.717) is 24.6 Å². The number of amides is 3. The molecule has 0 saturated carbocycles. The molecule has 128 valence electrons. The summed E-state index contributed by atoms with van der Waals surface area (Å²) in [4.78, 5) is 33.5. The second-order valence-electron chi connectivity index (χ2n) is 5.47. The Morgan fingerprint density at radius 2 is 2.00 bits per heavy atom. The highest BCUT2D eigenvalue weighted by molar-refractivity contribution is 7.11. The minimum absolute atomic E-state index is 0.0623. The van der Waals surface area contributed by atoms with E-state index < -0.39 is 0 Å². The number of carbonyl (C=O) groups is 2.